The minimum absolute atomic E-state index is 0.00647. The summed E-state index contributed by atoms with van der Waals surface area (Å²) in [5.41, 5.74) is 6.17. The van der Waals surface area contributed by atoms with Crippen LogP contribution in [0.3, 0.4) is 0 Å². The van der Waals surface area contributed by atoms with E-state index in [0.717, 1.165) is 0 Å². The van der Waals surface area contributed by atoms with E-state index in [4.69, 9.17) is 22.5 Å². The lowest BCUT2D eigenvalue weighted by Gasteiger charge is -2.07. The zero-order valence-electron chi connectivity index (χ0n) is 10.7. The molecule has 0 saturated heterocycles. The first-order chi connectivity index (χ1) is 10.0. The molecule has 2 aromatic carbocycles. The maximum absolute atomic E-state index is 13.5. The van der Waals surface area contributed by atoms with Crippen LogP contribution in [0.4, 0.5) is 10.1 Å². The van der Waals surface area contributed by atoms with E-state index in [-0.39, 0.29) is 11.5 Å². The van der Waals surface area contributed by atoms with Crippen LogP contribution in [-0.2, 0) is 0 Å². The van der Waals surface area contributed by atoms with Gasteiger partial charge in [-0.15, -0.1) is 0 Å². The Kier molecular flexibility index (Phi) is 4.39. The van der Waals surface area contributed by atoms with E-state index in [1.165, 1.54) is 42.5 Å². The van der Waals surface area contributed by atoms with E-state index < -0.39 is 11.7 Å². The zero-order chi connectivity index (χ0) is 15.4. The second-order valence-electron chi connectivity index (χ2n) is 4.14. The summed E-state index contributed by atoms with van der Waals surface area (Å²) >= 11 is 5.75. The summed E-state index contributed by atoms with van der Waals surface area (Å²) in [7, 11) is 0. The molecule has 0 fully saturated rings. The van der Waals surface area contributed by atoms with Gasteiger partial charge in [-0.25, -0.2) is 4.39 Å². The number of rotatable bonds is 3. The van der Waals surface area contributed by atoms with Gasteiger partial charge in [0.05, 0.1) is 5.69 Å². The molecule has 2 rings (SSSR count). The molecule has 0 aromatic heterocycles. The summed E-state index contributed by atoms with van der Waals surface area (Å²) in [4.78, 5) is 12.0. The summed E-state index contributed by atoms with van der Waals surface area (Å²) < 4.78 is 13.5. The van der Waals surface area contributed by atoms with Crippen LogP contribution < -0.4 is 11.1 Å². The Morgan fingerprint density at radius 2 is 1.81 bits per heavy atom. The molecule has 108 valence electrons. The van der Waals surface area contributed by atoms with Crippen molar-refractivity contribution in [3.05, 3.63) is 64.4 Å². The third-order valence-electron chi connectivity index (χ3n) is 2.73. The number of benzene rings is 2. The number of hydrogen-bond acceptors (Lipinski definition) is 3. The van der Waals surface area contributed by atoms with Gasteiger partial charge in [-0.05, 0) is 30.3 Å². The molecule has 0 heterocycles. The van der Waals surface area contributed by atoms with Crippen LogP contribution in [0.15, 0.2) is 47.6 Å². The fraction of sp³-hybridized carbons (Fsp3) is 0. The Balaban J connectivity index is 2.19. The first-order valence-corrected chi connectivity index (χ1v) is 6.23. The van der Waals surface area contributed by atoms with Gasteiger partial charge in [-0.3, -0.25) is 4.79 Å². The highest BCUT2D eigenvalue weighted by Gasteiger charge is 2.10. The summed E-state index contributed by atoms with van der Waals surface area (Å²) in [6.07, 6.45) is 0. The van der Waals surface area contributed by atoms with Crippen LogP contribution in [-0.4, -0.2) is 17.0 Å². The highest BCUT2D eigenvalue weighted by Crippen LogP contribution is 2.20. The summed E-state index contributed by atoms with van der Waals surface area (Å²) in [5, 5.41) is 14.1. The van der Waals surface area contributed by atoms with Crippen molar-refractivity contribution in [1.29, 1.82) is 0 Å². The van der Waals surface area contributed by atoms with Crippen LogP contribution in [0.1, 0.15) is 15.9 Å². The fourth-order valence-corrected chi connectivity index (χ4v) is 1.81. The van der Waals surface area contributed by atoms with E-state index >= 15 is 0 Å². The Bertz CT molecular complexity index is 702. The minimum Gasteiger partial charge on any atom is -0.409 e. The Morgan fingerprint density at radius 1 is 1.19 bits per heavy atom. The molecule has 1 amide bonds. The molecule has 7 heteroatoms. The highest BCUT2D eigenvalue weighted by molar-refractivity contribution is 6.31. The quantitative estimate of drug-likeness (QED) is 0.352. The molecule has 0 aliphatic carbocycles. The van der Waals surface area contributed by atoms with Crippen molar-refractivity contribution in [2.45, 2.75) is 0 Å². The summed E-state index contributed by atoms with van der Waals surface area (Å²) in [6, 6.07) is 9.85. The minimum atomic E-state index is -0.582. The number of nitrogens with zero attached hydrogens (tertiary/aromatic N) is 1. The molecule has 0 aliphatic heterocycles. The molecule has 0 spiro atoms. The molecule has 0 bridgehead atoms. The first-order valence-electron chi connectivity index (χ1n) is 5.85. The number of nitrogens with two attached hydrogens (primary N) is 1. The largest absolute Gasteiger partial charge is 0.409 e. The molecule has 2 aromatic rings. The van der Waals surface area contributed by atoms with Crippen molar-refractivity contribution in [3.63, 3.8) is 0 Å². The zero-order valence-corrected chi connectivity index (χ0v) is 11.4. The molecular weight excluding hydrogens is 297 g/mol. The van der Waals surface area contributed by atoms with Gasteiger partial charge in [0.15, 0.2) is 5.84 Å². The monoisotopic (exact) mass is 307 g/mol. The number of amidine groups is 1. The molecule has 0 atom stereocenters. The molecule has 5 nitrogen and oxygen atoms in total. The van der Waals surface area contributed by atoms with Gasteiger partial charge in [0.25, 0.3) is 5.91 Å². The first kappa shape index (κ1) is 14.8. The summed E-state index contributed by atoms with van der Waals surface area (Å²) in [6.45, 7) is 0. The topological polar surface area (TPSA) is 87.7 Å². The van der Waals surface area contributed by atoms with Gasteiger partial charge in [0.1, 0.15) is 5.82 Å². The van der Waals surface area contributed by atoms with Crippen LogP contribution in [0.25, 0.3) is 0 Å². The number of oxime groups is 1. The number of carbonyl (C=O) groups excluding carboxylic acids is 1. The van der Waals surface area contributed by atoms with E-state index in [9.17, 15) is 9.18 Å². The molecule has 0 saturated carbocycles. The van der Waals surface area contributed by atoms with Crippen molar-refractivity contribution in [3.8, 4) is 0 Å². The third-order valence-corrected chi connectivity index (χ3v) is 2.96. The highest BCUT2D eigenvalue weighted by atomic mass is 35.5. The fourth-order valence-electron chi connectivity index (χ4n) is 1.64. The van der Waals surface area contributed by atoms with Crippen LogP contribution in [0.5, 0.6) is 0 Å². The maximum atomic E-state index is 13.5. The van der Waals surface area contributed by atoms with E-state index in [2.05, 4.69) is 10.5 Å². The molecule has 4 N–H and O–H groups in total. The number of nitrogens with one attached hydrogen (secondary N) is 1. The van der Waals surface area contributed by atoms with Crippen LogP contribution in [0, 0.1) is 5.82 Å². The molecule has 0 radical (unpaired) electrons. The van der Waals surface area contributed by atoms with Gasteiger partial charge >= 0.3 is 0 Å². The SMILES string of the molecule is N/C(=N\O)c1ccc(C(=O)Nc2cc(Cl)ccc2F)cc1. The number of halogens is 2. The van der Waals surface area contributed by atoms with Gasteiger partial charge in [-0.2, -0.15) is 0 Å². The van der Waals surface area contributed by atoms with Crippen molar-refractivity contribution >= 4 is 29.0 Å². The second-order valence-corrected chi connectivity index (χ2v) is 4.58. The Morgan fingerprint density at radius 3 is 2.43 bits per heavy atom. The maximum Gasteiger partial charge on any atom is 0.255 e. The van der Waals surface area contributed by atoms with Crippen molar-refractivity contribution in [2.75, 3.05) is 5.32 Å². The van der Waals surface area contributed by atoms with E-state index in [0.29, 0.717) is 16.1 Å². The summed E-state index contributed by atoms with van der Waals surface area (Å²) in [5.74, 6) is -1.15. The van der Waals surface area contributed by atoms with Gasteiger partial charge in [0.2, 0.25) is 0 Å². The van der Waals surface area contributed by atoms with Crippen LogP contribution in [0.2, 0.25) is 5.02 Å². The lowest BCUT2D eigenvalue weighted by atomic mass is 10.1. The van der Waals surface area contributed by atoms with Crippen molar-refractivity contribution < 1.29 is 14.4 Å². The Hall–Kier alpha value is -2.60. The van der Waals surface area contributed by atoms with Gasteiger partial charge < -0.3 is 16.3 Å². The second kappa shape index (κ2) is 6.23. The Labute approximate surface area is 124 Å². The van der Waals surface area contributed by atoms with Crippen molar-refractivity contribution in [2.24, 2.45) is 10.9 Å². The molecule has 0 unspecified atom stereocenters. The normalized spacial score (nSPS) is 11.2. The average molecular weight is 308 g/mol. The molecule has 0 aliphatic rings. The number of amides is 1. The molecular formula is C14H11ClFN3O2. The average Bonchev–Trinajstić information content (AvgIpc) is 2.50. The van der Waals surface area contributed by atoms with Crippen molar-refractivity contribution in [1.82, 2.24) is 0 Å². The van der Waals surface area contributed by atoms with E-state index in [1.54, 1.807) is 0 Å². The van der Waals surface area contributed by atoms with Gasteiger partial charge in [0, 0.05) is 16.1 Å². The standard InChI is InChI=1S/C14H11ClFN3O2/c15-10-5-6-11(16)12(7-10)18-14(20)9-3-1-8(2-4-9)13(17)19-21/h1-7,21H,(H2,17,19)(H,18,20). The lowest BCUT2D eigenvalue weighted by Crippen LogP contribution is -2.15. The number of hydrogen-bond donors (Lipinski definition) is 3. The number of anilines is 1. The predicted octanol–water partition coefficient (Wildman–Crippen LogP) is 2.83. The smallest absolute Gasteiger partial charge is 0.255 e. The van der Waals surface area contributed by atoms with E-state index in [1.807, 2.05) is 0 Å². The molecule has 21 heavy (non-hydrogen) atoms. The third kappa shape index (κ3) is 3.49. The van der Waals surface area contributed by atoms with Crippen LogP contribution >= 0.6 is 11.6 Å². The van der Waals surface area contributed by atoms with Gasteiger partial charge in [-0.1, -0.05) is 28.9 Å². The predicted molar refractivity (Wildman–Crippen MR) is 78.3 cm³/mol. The number of carbonyl (C=O) groups is 1. The lowest BCUT2D eigenvalue weighted by molar-refractivity contribution is 0.102.